The molecule has 0 N–H and O–H groups in total. The van der Waals surface area contributed by atoms with E-state index in [1.165, 1.54) is 21.3 Å². The quantitative estimate of drug-likeness (QED) is 0.157. The highest BCUT2D eigenvalue weighted by Gasteiger charge is 2.55. The first-order valence-electron chi connectivity index (χ1n) is 16.8. The number of fused-ring (bicyclic) bond motifs is 1. The summed E-state index contributed by atoms with van der Waals surface area (Å²) in [6, 6.07) is 16.5. The Bertz CT molecular complexity index is 1700. The van der Waals surface area contributed by atoms with E-state index in [2.05, 4.69) is 9.80 Å². The topological polar surface area (TPSA) is 121 Å². The second-order valence-corrected chi connectivity index (χ2v) is 15.0. The average molecular weight is 695 g/mol. The van der Waals surface area contributed by atoms with E-state index in [4.69, 9.17) is 18.9 Å². The Balaban J connectivity index is 1.13. The van der Waals surface area contributed by atoms with E-state index in [0.717, 1.165) is 44.2 Å². The van der Waals surface area contributed by atoms with Gasteiger partial charge in [-0.2, -0.15) is 0 Å². The molecule has 3 aromatic rings. The molecule has 1 saturated heterocycles. The van der Waals surface area contributed by atoms with Crippen molar-refractivity contribution < 1.29 is 32.2 Å². The lowest BCUT2D eigenvalue weighted by molar-refractivity contribution is 0.0922. The molecule has 2 aliphatic rings. The highest BCUT2D eigenvalue weighted by Crippen LogP contribution is 2.53. The van der Waals surface area contributed by atoms with Crippen LogP contribution in [0.2, 0.25) is 0 Å². The van der Waals surface area contributed by atoms with E-state index in [1.54, 1.807) is 81.4 Å². The summed E-state index contributed by atoms with van der Waals surface area (Å²) in [6.45, 7) is 10.8. The molecule has 0 spiro atoms. The molecule has 0 aliphatic carbocycles. The van der Waals surface area contributed by atoms with Crippen molar-refractivity contribution >= 4 is 15.6 Å². The molecule has 0 saturated carbocycles. The zero-order chi connectivity index (χ0) is 35.3. The number of carbonyl (C=O) groups excluding carboxylic acids is 1. The van der Waals surface area contributed by atoms with Gasteiger partial charge in [-0.25, -0.2) is 8.42 Å². The predicted molar refractivity (Wildman–Crippen MR) is 188 cm³/mol. The Morgan fingerprint density at radius 1 is 0.898 bits per heavy atom. The van der Waals surface area contributed by atoms with E-state index in [-0.39, 0.29) is 10.7 Å². The van der Waals surface area contributed by atoms with Crippen molar-refractivity contribution in [2.75, 3.05) is 67.2 Å². The number of Topliss-reactive ketones (excluding diaryl/α,β-unsaturated/α-hetero) is 1. The smallest absolute Gasteiger partial charge is 0.203 e. The van der Waals surface area contributed by atoms with Crippen LogP contribution in [0.1, 0.15) is 61.1 Å². The highest BCUT2D eigenvalue weighted by atomic mass is 32.2. The summed E-state index contributed by atoms with van der Waals surface area (Å²) in [5.74, 6) is 1.42. The number of benzene rings is 3. The van der Waals surface area contributed by atoms with Gasteiger partial charge in [0.2, 0.25) is 15.6 Å². The fourth-order valence-corrected chi connectivity index (χ4v) is 9.72. The fraction of sp³-hybridized carbons (Fsp3) is 0.486. The van der Waals surface area contributed by atoms with Gasteiger partial charge in [-0.1, -0.05) is 44.2 Å². The van der Waals surface area contributed by atoms with Crippen LogP contribution in [0.25, 0.3) is 0 Å². The van der Waals surface area contributed by atoms with Gasteiger partial charge in [-0.05, 0) is 60.7 Å². The maximum absolute atomic E-state index is 14.2. The number of nitrogens with zero attached hydrogens (tertiary/aromatic N) is 3. The third-order valence-corrected chi connectivity index (χ3v) is 12.4. The summed E-state index contributed by atoms with van der Waals surface area (Å²) in [5.41, 5.74) is 1.46. The summed E-state index contributed by atoms with van der Waals surface area (Å²) >= 11 is 0. The molecule has 0 amide bonds. The van der Waals surface area contributed by atoms with Crippen molar-refractivity contribution in [2.45, 2.75) is 49.4 Å². The lowest BCUT2D eigenvalue weighted by Gasteiger charge is -2.56. The van der Waals surface area contributed by atoms with Crippen LogP contribution < -0.4 is 18.9 Å². The number of sulfone groups is 1. The third-order valence-electron chi connectivity index (χ3n) is 9.77. The van der Waals surface area contributed by atoms with Crippen molar-refractivity contribution in [3.05, 3.63) is 82.6 Å². The Morgan fingerprint density at radius 2 is 1.53 bits per heavy atom. The van der Waals surface area contributed by atoms with Gasteiger partial charge in [0.1, 0.15) is 10.6 Å². The molecule has 5 rings (SSSR count). The number of piperazine rings is 1. The molecular formula is C37H48N3O8S-. The molecule has 3 aromatic carbocycles. The number of carbonyl (C=O) groups is 1. The Kier molecular flexibility index (Phi) is 11.6. The summed E-state index contributed by atoms with van der Waals surface area (Å²) in [7, 11) is 0.542. The van der Waals surface area contributed by atoms with Gasteiger partial charge >= 0.3 is 0 Å². The molecule has 49 heavy (non-hydrogen) atoms. The second kappa shape index (κ2) is 15.5. The van der Waals surface area contributed by atoms with Gasteiger partial charge in [0.25, 0.3) is 0 Å². The van der Waals surface area contributed by atoms with Crippen LogP contribution in [0.3, 0.4) is 0 Å². The maximum atomic E-state index is 14.2. The standard InChI is InChI=1S/C37H48N3O8S/c1-26(2)37(40(42)27(3)31-13-7-8-14-35(31)49(37,43)44)29-11-9-12-30(25-29)48-22-10-16-38-18-20-39(21-19-38)17-15-32(41)28-23-33(45-4)36(47-6)34(24-28)46-5/h7-9,11-14,23-27H,10,15-22H2,1-6H3/q-1. The second-order valence-electron chi connectivity index (χ2n) is 12.9. The van der Waals surface area contributed by atoms with Gasteiger partial charge in [0.15, 0.2) is 17.3 Å². The first-order valence-corrected chi connectivity index (χ1v) is 18.3. The maximum Gasteiger partial charge on any atom is 0.203 e. The van der Waals surface area contributed by atoms with Crippen molar-refractivity contribution in [2.24, 2.45) is 5.92 Å². The Hall–Kier alpha value is -3.68. The molecule has 0 radical (unpaired) electrons. The summed E-state index contributed by atoms with van der Waals surface area (Å²) < 4.78 is 50.6. The first kappa shape index (κ1) is 36.6. The number of hydrogen-bond donors (Lipinski definition) is 0. The van der Waals surface area contributed by atoms with Crippen LogP contribution in [0.4, 0.5) is 0 Å². The van der Waals surface area contributed by atoms with Crippen molar-refractivity contribution in [3.63, 3.8) is 0 Å². The third kappa shape index (κ3) is 7.02. The minimum atomic E-state index is -4.06. The van der Waals surface area contributed by atoms with Gasteiger partial charge in [-0.15, -0.1) is 0 Å². The summed E-state index contributed by atoms with van der Waals surface area (Å²) in [4.78, 5) is 16.1. The van der Waals surface area contributed by atoms with Crippen LogP contribution in [-0.4, -0.2) is 96.3 Å². The molecule has 266 valence electrons. The van der Waals surface area contributed by atoms with Crippen molar-refractivity contribution in [1.29, 1.82) is 0 Å². The average Bonchev–Trinajstić information content (AvgIpc) is 3.11. The van der Waals surface area contributed by atoms with E-state index >= 15 is 0 Å². The van der Waals surface area contributed by atoms with Gasteiger partial charge in [0, 0.05) is 57.3 Å². The number of ether oxygens (including phenoxy) is 4. The van der Waals surface area contributed by atoms with Crippen molar-refractivity contribution in [3.8, 4) is 23.0 Å². The van der Waals surface area contributed by atoms with Crippen LogP contribution in [-0.2, 0) is 14.7 Å². The molecule has 0 aromatic heterocycles. The molecule has 11 nitrogen and oxygen atoms in total. The predicted octanol–water partition coefficient (Wildman–Crippen LogP) is 5.53. The summed E-state index contributed by atoms with van der Waals surface area (Å²) in [5, 5.41) is 14.7. The minimum Gasteiger partial charge on any atom is -0.783 e. The van der Waals surface area contributed by atoms with E-state index < -0.39 is 26.7 Å². The van der Waals surface area contributed by atoms with Crippen LogP contribution in [0.5, 0.6) is 23.0 Å². The van der Waals surface area contributed by atoms with Gasteiger partial charge < -0.3 is 39.0 Å². The lowest BCUT2D eigenvalue weighted by Crippen LogP contribution is -2.56. The van der Waals surface area contributed by atoms with Crippen LogP contribution >= 0.6 is 0 Å². The summed E-state index contributed by atoms with van der Waals surface area (Å²) in [6.07, 6.45) is 1.18. The zero-order valence-electron chi connectivity index (χ0n) is 29.3. The van der Waals surface area contributed by atoms with Gasteiger partial charge in [-0.3, -0.25) is 4.79 Å². The van der Waals surface area contributed by atoms with E-state index in [9.17, 15) is 18.4 Å². The number of methoxy groups -OCH3 is 3. The zero-order valence-corrected chi connectivity index (χ0v) is 30.1. The number of hydrogen-bond acceptors (Lipinski definition) is 11. The van der Waals surface area contributed by atoms with Crippen LogP contribution in [0.15, 0.2) is 65.6 Å². The SMILES string of the molecule is COc1cc(C(=O)CCN2CCN(CCCOc3cccc(C4(C(C)C)N([O-])C(C)c5ccccc5S4(=O)=O)c3)CC2)cc(OC)c1OC. The minimum absolute atomic E-state index is 0.0191. The van der Waals surface area contributed by atoms with Gasteiger partial charge in [0.05, 0.1) is 32.8 Å². The van der Waals surface area contributed by atoms with Crippen molar-refractivity contribution in [1.82, 2.24) is 14.9 Å². The molecule has 2 aliphatic heterocycles. The molecule has 1 fully saturated rings. The van der Waals surface area contributed by atoms with Crippen LogP contribution in [0, 0.1) is 11.1 Å². The molecule has 2 atom stereocenters. The Morgan fingerprint density at radius 3 is 2.14 bits per heavy atom. The first-order chi connectivity index (χ1) is 23.5. The van der Waals surface area contributed by atoms with E-state index in [0.29, 0.717) is 59.3 Å². The fourth-order valence-electron chi connectivity index (χ4n) is 7.12. The molecule has 12 heteroatoms. The largest absolute Gasteiger partial charge is 0.783 e. The number of hydroxylamine groups is 2. The lowest BCUT2D eigenvalue weighted by atomic mass is 9.92. The molecule has 0 bridgehead atoms. The molecule has 2 unspecified atom stereocenters. The molecule has 2 heterocycles. The number of ketones is 1. The Labute approximate surface area is 290 Å². The normalized spacial score (nSPS) is 21.3. The monoisotopic (exact) mass is 694 g/mol. The van der Waals surface area contributed by atoms with E-state index in [1.807, 2.05) is 0 Å². The molecular weight excluding hydrogens is 646 g/mol. The number of rotatable bonds is 14. The highest BCUT2D eigenvalue weighted by molar-refractivity contribution is 7.92.